The molecule has 0 fully saturated rings. The molecule has 0 spiro atoms. The first kappa shape index (κ1) is 15.8. The first-order valence-electron chi connectivity index (χ1n) is 7.44. The Labute approximate surface area is 132 Å². The van der Waals surface area contributed by atoms with Gasteiger partial charge in [-0.2, -0.15) is 0 Å². The minimum absolute atomic E-state index is 0.291. The summed E-state index contributed by atoms with van der Waals surface area (Å²) in [5, 5.41) is 9.77. The predicted octanol–water partition coefficient (Wildman–Crippen LogP) is 2.22. The molecule has 0 bridgehead atoms. The third-order valence-electron chi connectivity index (χ3n) is 3.50. The number of amidine groups is 1. The van der Waals surface area contributed by atoms with Crippen molar-refractivity contribution in [1.82, 2.24) is 16.0 Å². The van der Waals surface area contributed by atoms with Gasteiger partial charge in [0.15, 0.2) is 0 Å². The van der Waals surface area contributed by atoms with E-state index >= 15 is 0 Å². The zero-order valence-electron chi connectivity index (χ0n) is 13.4. The summed E-state index contributed by atoms with van der Waals surface area (Å²) >= 11 is 0. The summed E-state index contributed by atoms with van der Waals surface area (Å²) in [6, 6.07) is 0. The van der Waals surface area contributed by atoms with Gasteiger partial charge in [-0.05, 0) is 25.8 Å². The number of allylic oxidation sites excluding steroid dienone is 4. The van der Waals surface area contributed by atoms with E-state index in [1.54, 1.807) is 0 Å². The Morgan fingerprint density at radius 3 is 2.86 bits per heavy atom. The van der Waals surface area contributed by atoms with Gasteiger partial charge in [-0.25, -0.2) is 4.99 Å². The highest BCUT2D eigenvalue weighted by Crippen LogP contribution is 2.19. The average molecular weight is 297 g/mol. The molecular formula is C17H23N5. The SMILES string of the molecule is C=N/C(NC1=C(NC)C(C)C=CC=C1)=C1/C=CN/C1=N/CC. The Hall–Kier alpha value is -2.56. The lowest BCUT2D eigenvalue weighted by Gasteiger charge is -2.18. The molecule has 0 saturated carbocycles. The molecule has 1 aliphatic heterocycles. The van der Waals surface area contributed by atoms with Crippen molar-refractivity contribution in [2.75, 3.05) is 13.6 Å². The average Bonchev–Trinajstić information content (AvgIpc) is 2.89. The fourth-order valence-corrected chi connectivity index (χ4v) is 2.45. The lowest BCUT2D eigenvalue weighted by molar-refractivity contribution is 0.736. The van der Waals surface area contributed by atoms with Gasteiger partial charge in [0, 0.05) is 31.4 Å². The molecule has 1 heterocycles. The van der Waals surface area contributed by atoms with Gasteiger partial charge in [-0.15, -0.1) is 0 Å². The molecule has 1 aliphatic carbocycles. The fourth-order valence-electron chi connectivity index (χ4n) is 2.45. The van der Waals surface area contributed by atoms with Crippen LogP contribution in [0.5, 0.6) is 0 Å². The van der Waals surface area contributed by atoms with Crippen LogP contribution in [0.4, 0.5) is 0 Å². The summed E-state index contributed by atoms with van der Waals surface area (Å²) < 4.78 is 0. The number of aliphatic imine (C=N–C) groups is 2. The van der Waals surface area contributed by atoms with Crippen LogP contribution in [0.3, 0.4) is 0 Å². The summed E-state index contributed by atoms with van der Waals surface area (Å²) in [7, 11) is 1.93. The largest absolute Gasteiger partial charge is 0.389 e. The number of rotatable bonds is 5. The zero-order valence-corrected chi connectivity index (χ0v) is 13.4. The van der Waals surface area contributed by atoms with Gasteiger partial charge in [0.2, 0.25) is 0 Å². The van der Waals surface area contributed by atoms with Crippen LogP contribution in [0.15, 0.2) is 69.4 Å². The predicted molar refractivity (Wildman–Crippen MR) is 93.5 cm³/mol. The van der Waals surface area contributed by atoms with Crippen molar-refractivity contribution in [2.45, 2.75) is 13.8 Å². The third-order valence-corrected chi connectivity index (χ3v) is 3.50. The minimum atomic E-state index is 0.291. The van der Waals surface area contributed by atoms with Crippen molar-refractivity contribution in [3.63, 3.8) is 0 Å². The van der Waals surface area contributed by atoms with Gasteiger partial charge in [-0.1, -0.05) is 25.2 Å². The molecule has 0 aromatic rings. The molecule has 2 rings (SSSR count). The number of hydrogen-bond acceptors (Lipinski definition) is 4. The lowest BCUT2D eigenvalue weighted by atomic mass is 10.1. The maximum Gasteiger partial charge on any atom is 0.140 e. The van der Waals surface area contributed by atoms with Crippen LogP contribution >= 0.6 is 0 Å². The summed E-state index contributed by atoms with van der Waals surface area (Å²) in [5.41, 5.74) is 3.00. The van der Waals surface area contributed by atoms with Crippen LogP contribution < -0.4 is 16.0 Å². The second-order valence-electron chi connectivity index (χ2n) is 4.96. The molecule has 0 aromatic carbocycles. The van der Waals surface area contributed by atoms with Crippen molar-refractivity contribution >= 4 is 12.6 Å². The van der Waals surface area contributed by atoms with Crippen molar-refractivity contribution in [3.8, 4) is 0 Å². The molecule has 0 amide bonds. The van der Waals surface area contributed by atoms with Crippen LogP contribution in [-0.2, 0) is 0 Å². The van der Waals surface area contributed by atoms with Crippen molar-refractivity contribution in [1.29, 1.82) is 0 Å². The van der Waals surface area contributed by atoms with E-state index in [0.717, 1.165) is 22.8 Å². The first-order valence-corrected chi connectivity index (χ1v) is 7.44. The van der Waals surface area contributed by atoms with Gasteiger partial charge in [-0.3, -0.25) is 4.99 Å². The quantitative estimate of drug-likeness (QED) is 0.682. The molecule has 22 heavy (non-hydrogen) atoms. The van der Waals surface area contributed by atoms with E-state index < -0.39 is 0 Å². The molecular weight excluding hydrogens is 274 g/mol. The van der Waals surface area contributed by atoms with Gasteiger partial charge in [0.1, 0.15) is 11.7 Å². The Morgan fingerprint density at radius 1 is 1.36 bits per heavy atom. The first-order chi connectivity index (χ1) is 10.7. The standard InChI is InChI=1S/C17H23N5/c1-5-20-17-13(10-11-21-17)16(19-4)22-14-9-7-6-8-12(2)15(14)18-3/h6-12,18,22H,4-5H2,1-3H3,(H,20,21)/b16-13+. The van der Waals surface area contributed by atoms with E-state index in [2.05, 4.69) is 45.7 Å². The second kappa shape index (κ2) is 7.45. The Balaban J connectivity index is 2.39. The van der Waals surface area contributed by atoms with Crippen LogP contribution in [0.25, 0.3) is 0 Å². The van der Waals surface area contributed by atoms with Crippen LogP contribution in [-0.4, -0.2) is 26.1 Å². The third kappa shape index (κ3) is 3.36. The molecule has 5 heteroatoms. The summed E-state index contributed by atoms with van der Waals surface area (Å²) in [5.74, 6) is 1.79. The van der Waals surface area contributed by atoms with E-state index in [4.69, 9.17) is 0 Å². The smallest absolute Gasteiger partial charge is 0.140 e. The molecule has 5 nitrogen and oxygen atoms in total. The van der Waals surface area contributed by atoms with E-state index in [9.17, 15) is 0 Å². The van der Waals surface area contributed by atoms with Crippen LogP contribution in [0, 0.1) is 5.92 Å². The molecule has 3 N–H and O–H groups in total. The van der Waals surface area contributed by atoms with Gasteiger partial charge in [0.05, 0.1) is 11.3 Å². The summed E-state index contributed by atoms with van der Waals surface area (Å²) in [6.07, 6.45) is 12.0. The van der Waals surface area contributed by atoms with Crippen molar-refractivity contribution in [2.24, 2.45) is 15.9 Å². The highest BCUT2D eigenvalue weighted by atomic mass is 15.1. The van der Waals surface area contributed by atoms with E-state index in [-0.39, 0.29) is 0 Å². The normalized spacial score (nSPS) is 24.3. The summed E-state index contributed by atoms with van der Waals surface area (Å²) in [4.78, 5) is 8.59. The molecule has 0 saturated heterocycles. The molecule has 116 valence electrons. The Bertz CT molecular complexity index is 617. The molecule has 0 aromatic heterocycles. The van der Waals surface area contributed by atoms with Crippen LogP contribution in [0.2, 0.25) is 0 Å². The number of nitrogens with one attached hydrogen (secondary N) is 3. The zero-order chi connectivity index (χ0) is 15.9. The molecule has 1 atom stereocenters. The van der Waals surface area contributed by atoms with E-state index in [1.165, 1.54) is 0 Å². The number of hydrogen-bond donors (Lipinski definition) is 3. The maximum atomic E-state index is 4.43. The minimum Gasteiger partial charge on any atom is -0.389 e. The Kier molecular flexibility index (Phi) is 5.36. The maximum absolute atomic E-state index is 4.43. The topological polar surface area (TPSA) is 60.8 Å². The van der Waals surface area contributed by atoms with Crippen molar-refractivity contribution < 1.29 is 0 Å². The molecule has 2 aliphatic rings. The Morgan fingerprint density at radius 2 is 2.18 bits per heavy atom. The van der Waals surface area contributed by atoms with E-state index in [0.29, 0.717) is 18.3 Å². The van der Waals surface area contributed by atoms with Crippen molar-refractivity contribution in [3.05, 3.63) is 59.4 Å². The van der Waals surface area contributed by atoms with Gasteiger partial charge < -0.3 is 16.0 Å². The van der Waals surface area contributed by atoms with Gasteiger partial charge >= 0.3 is 0 Å². The highest BCUT2D eigenvalue weighted by molar-refractivity contribution is 6.04. The highest BCUT2D eigenvalue weighted by Gasteiger charge is 2.17. The van der Waals surface area contributed by atoms with Gasteiger partial charge in [0.25, 0.3) is 0 Å². The van der Waals surface area contributed by atoms with E-state index in [1.807, 2.05) is 44.5 Å². The molecule has 0 radical (unpaired) electrons. The molecule has 1 unspecified atom stereocenters. The number of nitrogens with zero attached hydrogens (tertiary/aromatic N) is 2. The lowest BCUT2D eigenvalue weighted by Crippen LogP contribution is -2.24. The monoisotopic (exact) mass is 297 g/mol. The fraction of sp³-hybridized carbons (Fsp3) is 0.294. The summed E-state index contributed by atoms with van der Waals surface area (Å²) in [6.45, 7) is 8.55. The van der Waals surface area contributed by atoms with Crippen LogP contribution in [0.1, 0.15) is 13.8 Å². The second-order valence-corrected chi connectivity index (χ2v) is 4.96.